The summed E-state index contributed by atoms with van der Waals surface area (Å²) in [6.45, 7) is 0. The van der Waals surface area contributed by atoms with E-state index in [0.29, 0.717) is 5.95 Å². The van der Waals surface area contributed by atoms with Crippen molar-refractivity contribution in [2.75, 3.05) is 12.4 Å². The van der Waals surface area contributed by atoms with Crippen molar-refractivity contribution >= 4 is 23.0 Å². The van der Waals surface area contributed by atoms with E-state index in [0.717, 1.165) is 39.5 Å². The predicted octanol–water partition coefficient (Wildman–Crippen LogP) is 4.30. The second-order valence-electron chi connectivity index (χ2n) is 7.10. The van der Waals surface area contributed by atoms with Gasteiger partial charge in [0.15, 0.2) is 6.10 Å². The summed E-state index contributed by atoms with van der Waals surface area (Å²) in [5, 5.41) is 20.1. The number of rotatable bonds is 3. The molecular weight excluding hydrogens is 398 g/mol. The molecule has 4 aromatic rings. The molecule has 0 spiro atoms. The van der Waals surface area contributed by atoms with Crippen molar-refractivity contribution in [1.82, 2.24) is 20.2 Å². The Balaban J connectivity index is 1.66. The molecule has 2 aliphatic heterocycles. The summed E-state index contributed by atoms with van der Waals surface area (Å²) < 4.78 is 14.0. The van der Waals surface area contributed by atoms with Crippen molar-refractivity contribution < 1.29 is 9.47 Å². The smallest absolute Gasteiger partial charge is 0.248 e. The molecule has 6 rings (SSSR count). The lowest BCUT2D eigenvalue weighted by molar-refractivity contribution is 0.222. The number of para-hydroxylation sites is 2. The average molecular weight is 415 g/mol. The van der Waals surface area contributed by atoms with Gasteiger partial charge in [0.25, 0.3) is 0 Å². The second kappa shape index (κ2) is 6.70. The van der Waals surface area contributed by atoms with Crippen LogP contribution in [0.4, 0.5) is 5.95 Å². The molecule has 0 saturated carbocycles. The summed E-state index contributed by atoms with van der Waals surface area (Å²) in [4.78, 5) is 0. The van der Waals surface area contributed by atoms with Gasteiger partial charge in [-0.25, -0.2) is 0 Å². The van der Waals surface area contributed by atoms with Gasteiger partial charge < -0.3 is 14.8 Å². The van der Waals surface area contributed by atoms with Crippen molar-refractivity contribution in [2.45, 2.75) is 12.1 Å². The van der Waals surface area contributed by atoms with Gasteiger partial charge >= 0.3 is 0 Å². The van der Waals surface area contributed by atoms with E-state index in [9.17, 15) is 0 Å². The van der Waals surface area contributed by atoms with E-state index in [-0.39, 0.29) is 12.1 Å². The highest BCUT2D eigenvalue weighted by Gasteiger charge is 2.42. The van der Waals surface area contributed by atoms with Gasteiger partial charge in [-0.3, -0.25) is 0 Å². The fourth-order valence-electron chi connectivity index (χ4n) is 4.23. The maximum Gasteiger partial charge on any atom is 0.248 e. The standard InChI is InChI=1S/C22H17N5O2S/c1-28-16-8-4-3-7-15(16)20-18-19(23-22-24-25-26-27(20)22)14-6-2-5-9-17(14)29-21(18)13-10-11-30-12-13/h2-12,20-21H,1H3,(H,23,24,26)/t20-,21+/m1/s1. The molecule has 2 atom stereocenters. The summed E-state index contributed by atoms with van der Waals surface area (Å²) in [7, 11) is 1.68. The van der Waals surface area contributed by atoms with Gasteiger partial charge in [0.1, 0.15) is 17.5 Å². The molecule has 0 fully saturated rings. The SMILES string of the molecule is COc1ccccc1[C@@H]1C2=C(Nc3nnnn31)c1ccccc1O[C@H]2c1ccsc1. The third-order valence-electron chi connectivity index (χ3n) is 5.52. The Labute approximate surface area is 176 Å². The van der Waals surface area contributed by atoms with Crippen molar-refractivity contribution in [3.8, 4) is 11.5 Å². The summed E-state index contributed by atoms with van der Waals surface area (Å²) in [6.07, 6.45) is -0.277. The fraction of sp³-hybridized carbons (Fsp3) is 0.136. The van der Waals surface area contributed by atoms with E-state index in [1.54, 1.807) is 23.1 Å². The molecule has 2 aromatic heterocycles. The topological polar surface area (TPSA) is 74.1 Å². The van der Waals surface area contributed by atoms with E-state index in [2.05, 4.69) is 49.8 Å². The molecular formula is C22H17N5O2S. The monoisotopic (exact) mass is 415 g/mol. The zero-order valence-electron chi connectivity index (χ0n) is 16.0. The molecule has 1 N–H and O–H groups in total. The number of methoxy groups -OCH3 is 1. The van der Waals surface area contributed by atoms with Gasteiger partial charge in [-0.2, -0.15) is 16.0 Å². The minimum Gasteiger partial charge on any atom is -0.496 e. The lowest BCUT2D eigenvalue weighted by atomic mass is 9.85. The number of aromatic nitrogens is 4. The molecule has 30 heavy (non-hydrogen) atoms. The molecule has 0 unspecified atom stereocenters. The maximum atomic E-state index is 6.55. The van der Waals surface area contributed by atoms with E-state index in [1.807, 2.05) is 36.4 Å². The van der Waals surface area contributed by atoms with Crippen LogP contribution in [0.15, 0.2) is 70.9 Å². The van der Waals surface area contributed by atoms with E-state index in [1.165, 1.54) is 0 Å². The number of thiophene rings is 1. The molecule has 0 radical (unpaired) electrons. The molecule has 0 bridgehead atoms. The van der Waals surface area contributed by atoms with Crippen LogP contribution in [0.2, 0.25) is 0 Å². The minimum atomic E-state index is -0.277. The number of hydrogen-bond donors (Lipinski definition) is 1. The first-order valence-electron chi connectivity index (χ1n) is 9.55. The van der Waals surface area contributed by atoms with Crippen molar-refractivity contribution in [3.63, 3.8) is 0 Å². The van der Waals surface area contributed by atoms with Crippen LogP contribution in [0.5, 0.6) is 11.5 Å². The summed E-state index contributed by atoms with van der Waals surface area (Å²) in [5.41, 5.74) is 5.10. The third kappa shape index (κ3) is 2.47. The highest BCUT2D eigenvalue weighted by atomic mass is 32.1. The number of fused-ring (bicyclic) bond motifs is 3. The predicted molar refractivity (Wildman–Crippen MR) is 114 cm³/mol. The molecule has 7 nitrogen and oxygen atoms in total. The zero-order chi connectivity index (χ0) is 20.1. The summed E-state index contributed by atoms with van der Waals surface area (Å²) in [5.74, 6) is 2.20. The third-order valence-corrected chi connectivity index (χ3v) is 6.22. The van der Waals surface area contributed by atoms with E-state index >= 15 is 0 Å². The molecule has 0 saturated heterocycles. The number of anilines is 1. The molecule has 2 aromatic carbocycles. The van der Waals surface area contributed by atoms with Gasteiger partial charge in [-0.05, 0) is 45.5 Å². The van der Waals surface area contributed by atoms with Crippen LogP contribution >= 0.6 is 11.3 Å². The van der Waals surface area contributed by atoms with Crippen LogP contribution in [0, 0.1) is 0 Å². The van der Waals surface area contributed by atoms with Gasteiger partial charge in [-0.15, -0.1) is 0 Å². The van der Waals surface area contributed by atoms with Crippen molar-refractivity contribution in [3.05, 3.63) is 87.6 Å². The highest BCUT2D eigenvalue weighted by Crippen LogP contribution is 2.51. The Kier molecular flexibility index (Phi) is 3.85. The second-order valence-corrected chi connectivity index (χ2v) is 7.88. The van der Waals surface area contributed by atoms with Gasteiger partial charge in [0, 0.05) is 22.3 Å². The first-order chi connectivity index (χ1) is 14.8. The lowest BCUT2D eigenvalue weighted by Gasteiger charge is -2.38. The Morgan fingerprint density at radius 2 is 1.97 bits per heavy atom. The minimum absolute atomic E-state index is 0.277. The molecule has 148 valence electrons. The average Bonchev–Trinajstić information content (AvgIpc) is 3.49. The van der Waals surface area contributed by atoms with Crippen molar-refractivity contribution in [1.29, 1.82) is 0 Å². The normalized spacial score (nSPS) is 19.2. The first-order valence-corrected chi connectivity index (χ1v) is 10.5. The number of ether oxygens (including phenoxy) is 2. The lowest BCUT2D eigenvalue weighted by Crippen LogP contribution is -2.32. The summed E-state index contributed by atoms with van der Waals surface area (Å²) >= 11 is 1.65. The molecule has 2 aliphatic rings. The Bertz CT molecular complexity index is 1260. The number of nitrogens with one attached hydrogen (secondary N) is 1. The zero-order valence-corrected chi connectivity index (χ0v) is 16.8. The maximum absolute atomic E-state index is 6.55. The number of hydrogen-bond acceptors (Lipinski definition) is 7. The van der Waals surface area contributed by atoms with Crippen LogP contribution in [0.3, 0.4) is 0 Å². The Morgan fingerprint density at radius 1 is 1.10 bits per heavy atom. The Morgan fingerprint density at radius 3 is 2.83 bits per heavy atom. The first kappa shape index (κ1) is 17.2. The molecule has 0 aliphatic carbocycles. The Hall–Kier alpha value is -3.65. The molecule has 0 amide bonds. The quantitative estimate of drug-likeness (QED) is 0.538. The largest absolute Gasteiger partial charge is 0.496 e. The number of benzene rings is 2. The summed E-state index contributed by atoms with van der Waals surface area (Å²) in [6, 6.07) is 17.8. The van der Waals surface area contributed by atoms with Gasteiger partial charge in [0.2, 0.25) is 5.95 Å². The van der Waals surface area contributed by atoms with E-state index < -0.39 is 0 Å². The van der Waals surface area contributed by atoms with Crippen LogP contribution in [-0.2, 0) is 0 Å². The molecule has 4 heterocycles. The highest BCUT2D eigenvalue weighted by molar-refractivity contribution is 7.08. The van der Waals surface area contributed by atoms with Crippen LogP contribution in [-0.4, -0.2) is 27.3 Å². The number of nitrogens with zero attached hydrogens (tertiary/aromatic N) is 4. The van der Waals surface area contributed by atoms with Gasteiger partial charge in [-0.1, -0.05) is 35.4 Å². The molecule has 8 heteroatoms. The van der Waals surface area contributed by atoms with Crippen molar-refractivity contribution in [2.24, 2.45) is 0 Å². The van der Waals surface area contributed by atoms with Crippen LogP contribution < -0.4 is 14.8 Å². The van der Waals surface area contributed by atoms with Crippen LogP contribution in [0.1, 0.15) is 28.8 Å². The van der Waals surface area contributed by atoms with E-state index in [4.69, 9.17) is 9.47 Å². The fourth-order valence-corrected chi connectivity index (χ4v) is 4.90. The van der Waals surface area contributed by atoms with Crippen LogP contribution in [0.25, 0.3) is 5.70 Å². The van der Waals surface area contributed by atoms with Gasteiger partial charge in [0.05, 0.1) is 12.8 Å². The number of tetrazole rings is 1.